The minimum Gasteiger partial charge on any atom is -0.501 e. The molecule has 6 aliphatic rings. The summed E-state index contributed by atoms with van der Waals surface area (Å²) in [4.78, 5) is 31.1. The number of ether oxygens (including phenoxy) is 4. The lowest BCUT2D eigenvalue weighted by Crippen LogP contribution is -2.45. The number of aromatic nitrogens is 5. The molecular weight excluding hydrogens is 999 g/mol. The molecule has 0 amide bonds. The Bertz CT molecular complexity index is 2590. The Kier molecular flexibility index (Phi) is 21.9. The molecule has 418 valence electrons. The Morgan fingerprint density at radius 2 is 0.870 bits per heavy atom. The third-order valence-corrected chi connectivity index (χ3v) is 16.1. The Morgan fingerprint density at radius 1 is 0.545 bits per heavy atom. The molecule has 5 aromatic heterocycles. The third kappa shape index (κ3) is 16.6. The smallest absolute Gasteiger partial charge is 0.171 e. The number of allylic oxidation sites excluding steroid dienone is 1. The van der Waals surface area contributed by atoms with Crippen molar-refractivity contribution in [2.24, 2.45) is 5.92 Å². The molecule has 0 bridgehead atoms. The van der Waals surface area contributed by atoms with Crippen LogP contribution in [-0.2, 0) is 29.7 Å². The normalized spacial score (nSPS) is 19.1. The fraction of sp³-hybridized carbons (Fsp3) is 0.509. The summed E-state index contributed by atoms with van der Waals surface area (Å²) >= 11 is 0. The number of nitrogen functional groups attached to an aromatic ring is 5. The first-order valence-electron chi connectivity index (χ1n) is 26.7. The molecule has 0 saturated carbocycles. The zero-order chi connectivity index (χ0) is 54.6. The van der Waals surface area contributed by atoms with E-state index in [1.165, 1.54) is 0 Å². The van der Waals surface area contributed by atoms with Crippen LogP contribution in [0.1, 0.15) is 51.4 Å². The quantitative estimate of drug-likeness (QED) is 0.109. The molecule has 11 rings (SSSR count). The van der Waals surface area contributed by atoms with Crippen LogP contribution >= 0.6 is 0 Å². The van der Waals surface area contributed by atoms with Crippen LogP contribution in [0.4, 0.5) is 56.9 Å². The fourth-order valence-electron chi connectivity index (χ4n) is 10.2. The zero-order valence-corrected chi connectivity index (χ0v) is 45.7. The maximum atomic E-state index is 11.2. The minimum atomic E-state index is -0.639. The van der Waals surface area contributed by atoms with E-state index in [4.69, 9.17) is 47.6 Å². The molecule has 0 aliphatic carbocycles. The minimum absolute atomic E-state index is 0.144. The number of rotatable bonds is 8. The van der Waals surface area contributed by atoms with Gasteiger partial charge in [-0.25, -0.2) is 0 Å². The standard InChI is InChI=1S/C13H19N3O.C12H17N3O2.C11H17N3O.C10H15N3O.C9H13N3OS/c1-10(17-2)11-4-7-16(8-5-11)13-3-6-15-9-12(13)14;13-10-9-14-4-1-11(10)15-5-2-12(3-6-15)16-7-8-17-12;1-15-9-3-6-14(7-4-9)11-2-5-13-8-10(11)12;11-9-7-12-4-1-10(9)13-5-2-8(14)3-6-13;10-8-7-11-2-1-9(8)12-3-5-14(13)6-4-12/h3,6,9,11H,1,4-5,7-8,14H2,2H3;1,4,9H,2-3,5-8,13H2;2,5,8-9H,3-4,6-7,12H2,1H3;1,4,7-8,14H,2-3,5-6,11H2;1-2,7H,3-6,10H2. The maximum absolute atomic E-state index is 11.2. The SMILES string of the molecule is C=C(OC)C1CCN(c2ccncc2N)CC1.COC1CCN(c2ccncc2N)CC1.Nc1cnccc1N1CCC(O)CC1.Nc1cnccc1N1CCC2(CC1)OCCO2.Nc1cnccc1N1CCS(=O)CC1. The molecule has 21 nitrogen and oxygen atoms in total. The largest absolute Gasteiger partial charge is 0.501 e. The van der Waals surface area contributed by atoms with Crippen LogP contribution in [0, 0.1) is 5.92 Å². The highest BCUT2D eigenvalue weighted by Gasteiger charge is 2.40. The van der Waals surface area contributed by atoms with Crippen molar-refractivity contribution in [1.82, 2.24) is 24.9 Å². The summed E-state index contributed by atoms with van der Waals surface area (Å²) in [7, 11) is 2.83. The molecule has 0 unspecified atom stereocenters. The molecule has 11 N–H and O–H groups in total. The van der Waals surface area contributed by atoms with E-state index in [1.807, 2.05) is 30.3 Å². The average Bonchev–Trinajstić information content (AvgIpc) is 3.92. The van der Waals surface area contributed by atoms with Crippen LogP contribution < -0.4 is 53.2 Å². The monoisotopic (exact) mass is 1080 g/mol. The number of hydrogen-bond acceptors (Lipinski definition) is 21. The number of anilines is 10. The number of nitrogens with zero attached hydrogens (tertiary/aromatic N) is 10. The highest BCUT2D eigenvalue weighted by Crippen LogP contribution is 2.35. The number of aliphatic hydroxyl groups excluding tert-OH is 1. The van der Waals surface area contributed by atoms with E-state index in [1.54, 1.807) is 76.2 Å². The first-order chi connectivity index (χ1) is 37.4. The van der Waals surface area contributed by atoms with Crippen molar-refractivity contribution in [2.45, 2.75) is 69.4 Å². The van der Waals surface area contributed by atoms with Gasteiger partial charge < -0.3 is 77.2 Å². The van der Waals surface area contributed by atoms with Crippen molar-refractivity contribution in [3.63, 3.8) is 0 Å². The third-order valence-electron chi connectivity index (χ3n) is 14.8. The van der Waals surface area contributed by atoms with Gasteiger partial charge in [-0.1, -0.05) is 6.58 Å². The van der Waals surface area contributed by atoms with Crippen molar-refractivity contribution in [3.8, 4) is 0 Å². The van der Waals surface area contributed by atoms with Crippen LogP contribution in [0.15, 0.2) is 105 Å². The van der Waals surface area contributed by atoms with Crippen molar-refractivity contribution in [1.29, 1.82) is 0 Å². The van der Waals surface area contributed by atoms with Gasteiger partial charge in [0.2, 0.25) is 0 Å². The van der Waals surface area contributed by atoms with Gasteiger partial charge in [-0.2, -0.15) is 0 Å². The molecule has 0 radical (unpaired) electrons. The van der Waals surface area contributed by atoms with Crippen LogP contribution in [-0.4, -0.2) is 157 Å². The lowest BCUT2D eigenvalue weighted by Gasteiger charge is -2.38. The molecule has 0 aromatic carbocycles. The molecule has 6 fully saturated rings. The summed E-state index contributed by atoms with van der Waals surface area (Å²) in [5, 5.41) is 9.37. The summed E-state index contributed by atoms with van der Waals surface area (Å²) < 4.78 is 33.1. The molecular formula is C55H81N15O6S. The summed E-state index contributed by atoms with van der Waals surface area (Å²) in [6.07, 6.45) is 25.2. The van der Waals surface area contributed by atoms with E-state index in [2.05, 4.69) is 56.0 Å². The summed E-state index contributed by atoms with van der Waals surface area (Å²) in [6, 6.07) is 9.74. The first kappa shape index (κ1) is 58.0. The molecule has 22 heteroatoms. The molecule has 11 heterocycles. The van der Waals surface area contributed by atoms with Gasteiger partial charge in [0.15, 0.2) is 5.79 Å². The average molecular weight is 1080 g/mol. The van der Waals surface area contributed by atoms with E-state index in [0.717, 1.165) is 193 Å². The first-order valence-corrected chi connectivity index (χ1v) is 28.1. The molecule has 5 aromatic rings. The molecule has 1 spiro atoms. The number of hydrogen-bond donors (Lipinski definition) is 6. The van der Waals surface area contributed by atoms with Gasteiger partial charge in [-0.05, 0) is 68.9 Å². The summed E-state index contributed by atoms with van der Waals surface area (Å²) in [5.41, 5.74) is 38.3. The van der Waals surface area contributed by atoms with E-state index in [0.29, 0.717) is 23.4 Å². The topological polar surface area (TPSA) is 285 Å². The zero-order valence-electron chi connectivity index (χ0n) is 44.9. The van der Waals surface area contributed by atoms with Crippen LogP contribution in [0.3, 0.4) is 0 Å². The Balaban J connectivity index is 0.000000140. The van der Waals surface area contributed by atoms with Gasteiger partial charge in [-0.15, -0.1) is 0 Å². The Hall–Kier alpha value is -6.72. The van der Waals surface area contributed by atoms with Gasteiger partial charge >= 0.3 is 0 Å². The predicted octanol–water partition coefficient (Wildman–Crippen LogP) is 5.18. The van der Waals surface area contributed by atoms with E-state index in [-0.39, 0.29) is 11.9 Å². The van der Waals surface area contributed by atoms with Gasteiger partial charge in [0.05, 0.1) is 126 Å². The van der Waals surface area contributed by atoms with E-state index in [9.17, 15) is 9.32 Å². The van der Waals surface area contributed by atoms with Gasteiger partial charge in [0.1, 0.15) is 0 Å². The van der Waals surface area contributed by atoms with Gasteiger partial charge in [0.25, 0.3) is 0 Å². The van der Waals surface area contributed by atoms with Gasteiger partial charge in [0, 0.05) is 145 Å². The lowest BCUT2D eigenvalue weighted by molar-refractivity contribution is -0.169. The summed E-state index contributed by atoms with van der Waals surface area (Å²) in [5.74, 6) is 2.52. The molecule has 6 saturated heterocycles. The number of aliphatic hydroxyl groups is 1. The molecule has 6 aliphatic heterocycles. The number of methoxy groups -OCH3 is 2. The molecule has 77 heavy (non-hydrogen) atoms. The second-order valence-corrected chi connectivity index (χ2v) is 21.4. The fourth-order valence-corrected chi connectivity index (χ4v) is 11.3. The highest BCUT2D eigenvalue weighted by molar-refractivity contribution is 7.85. The maximum Gasteiger partial charge on any atom is 0.171 e. The second-order valence-electron chi connectivity index (χ2n) is 19.7. The number of piperidine rings is 4. The van der Waals surface area contributed by atoms with Crippen molar-refractivity contribution < 1.29 is 28.3 Å². The van der Waals surface area contributed by atoms with E-state index >= 15 is 0 Å². The van der Waals surface area contributed by atoms with Crippen LogP contribution in [0.25, 0.3) is 0 Å². The predicted molar refractivity (Wildman–Crippen MR) is 310 cm³/mol. The Morgan fingerprint density at radius 3 is 1.21 bits per heavy atom. The lowest BCUT2D eigenvalue weighted by atomic mass is 9.95. The second kappa shape index (κ2) is 29.1. The van der Waals surface area contributed by atoms with Crippen LogP contribution in [0.5, 0.6) is 0 Å². The molecule has 0 atom stereocenters. The summed E-state index contributed by atoms with van der Waals surface area (Å²) in [6.45, 7) is 14.6. The number of nitrogens with two attached hydrogens (primary N) is 5. The van der Waals surface area contributed by atoms with Crippen molar-refractivity contribution in [3.05, 3.63) is 105 Å². The van der Waals surface area contributed by atoms with Crippen molar-refractivity contribution in [2.75, 3.05) is 158 Å². The van der Waals surface area contributed by atoms with Crippen LogP contribution in [0.2, 0.25) is 0 Å². The van der Waals surface area contributed by atoms with E-state index < -0.39 is 10.8 Å². The highest BCUT2D eigenvalue weighted by atomic mass is 32.2. The Labute approximate surface area is 456 Å². The number of pyridine rings is 5. The van der Waals surface area contributed by atoms with Gasteiger partial charge in [-0.3, -0.25) is 29.1 Å². The van der Waals surface area contributed by atoms with Crippen molar-refractivity contribution >= 4 is 67.7 Å².